The van der Waals surface area contributed by atoms with Gasteiger partial charge in [-0.1, -0.05) is 22.9 Å². The summed E-state index contributed by atoms with van der Waals surface area (Å²) >= 11 is 3.34. The number of nitrogens with one attached hydrogen (secondary N) is 2. The summed E-state index contributed by atoms with van der Waals surface area (Å²) in [6, 6.07) is 4.75. The molecule has 0 saturated carbocycles. The van der Waals surface area contributed by atoms with E-state index in [9.17, 15) is 4.39 Å². The first kappa shape index (κ1) is 15.7. The summed E-state index contributed by atoms with van der Waals surface area (Å²) in [4.78, 5) is 8.75. The molecule has 0 amide bonds. The Morgan fingerprint density at radius 1 is 1.19 bits per heavy atom. The van der Waals surface area contributed by atoms with E-state index in [0.29, 0.717) is 17.3 Å². The van der Waals surface area contributed by atoms with Crippen LogP contribution in [0.1, 0.15) is 24.7 Å². The van der Waals surface area contributed by atoms with Gasteiger partial charge in [0.15, 0.2) is 0 Å². The third-order valence-electron chi connectivity index (χ3n) is 2.98. The van der Waals surface area contributed by atoms with E-state index in [1.165, 1.54) is 6.07 Å². The van der Waals surface area contributed by atoms with Crippen molar-refractivity contribution in [2.24, 2.45) is 0 Å². The van der Waals surface area contributed by atoms with E-state index in [0.717, 1.165) is 28.8 Å². The van der Waals surface area contributed by atoms with Crippen molar-refractivity contribution in [3.63, 3.8) is 0 Å². The molecule has 4 nitrogen and oxygen atoms in total. The lowest BCUT2D eigenvalue weighted by atomic mass is 10.2. The number of aromatic nitrogens is 2. The quantitative estimate of drug-likeness (QED) is 0.827. The van der Waals surface area contributed by atoms with Gasteiger partial charge >= 0.3 is 0 Å². The second kappa shape index (κ2) is 6.85. The Balaban J connectivity index is 2.35. The first-order valence-electron chi connectivity index (χ1n) is 6.82. The summed E-state index contributed by atoms with van der Waals surface area (Å²) in [7, 11) is 0. The Bertz CT molecular complexity index is 646. The van der Waals surface area contributed by atoms with E-state index in [1.807, 2.05) is 13.8 Å². The Morgan fingerprint density at radius 2 is 1.90 bits per heavy atom. The van der Waals surface area contributed by atoms with Gasteiger partial charge in [-0.25, -0.2) is 14.4 Å². The van der Waals surface area contributed by atoms with Gasteiger partial charge in [0.2, 0.25) is 0 Å². The molecule has 0 atom stereocenters. The summed E-state index contributed by atoms with van der Waals surface area (Å²) in [6.45, 7) is 6.66. The number of aryl methyl sites for hydroxylation is 1. The smallest absolute Gasteiger partial charge is 0.146 e. The topological polar surface area (TPSA) is 49.8 Å². The Morgan fingerprint density at radius 3 is 2.62 bits per heavy atom. The molecule has 21 heavy (non-hydrogen) atoms. The fraction of sp³-hybridized carbons (Fsp3) is 0.333. The third-order valence-corrected chi connectivity index (χ3v) is 3.47. The highest BCUT2D eigenvalue weighted by Gasteiger charge is 2.11. The van der Waals surface area contributed by atoms with Crippen LogP contribution in [0.2, 0.25) is 0 Å². The van der Waals surface area contributed by atoms with Crippen molar-refractivity contribution in [3.8, 4) is 0 Å². The van der Waals surface area contributed by atoms with Crippen LogP contribution in [0, 0.1) is 19.7 Å². The number of hydrogen-bond acceptors (Lipinski definition) is 4. The standard InChI is InChI=1S/C15H18BrFN4/c1-4-7-18-14-9(2)15(20-10(3)19-14)21-13-8-11(16)5-6-12(13)17/h5-6,8H,4,7H2,1-3H3,(H2,18,19,20,21). The fourth-order valence-electron chi connectivity index (χ4n) is 1.89. The van der Waals surface area contributed by atoms with Crippen LogP contribution in [0.25, 0.3) is 0 Å². The first-order chi connectivity index (χ1) is 10.0. The summed E-state index contributed by atoms with van der Waals surface area (Å²) in [5, 5.41) is 6.30. The molecule has 0 unspecified atom stereocenters. The summed E-state index contributed by atoms with van der Waals surface area (Å²) in [5.41, 5.74) is 1.25. The van der Waals surface area contributed by atoms with E-state index in [-0.39, 0.29) is 5.82 Å². The minimum atomic E-state index is -0.322. The maximum atomic E-state index is 13.8. The third kappa shape index (κ3) is 3.91. The molecule has 112 valence electrons. The monoisotopic (exact) mass is 352 g/mol. The van der Waals surface area contributed by atoms with Crippen LogP contribution >= 0.6 is 15.9 Å². The molecule has 1 aromatic carbocycles. The van der Waals surface area contributed by atoms with Gasteiger partial charge in [-0.05, 0) is 38.5 Å². The zero-order chi connectivity index (χ0) is 15.4. The van der Waals surface area contributed by atoms with Gasteiger partial charge in [0.25, 0.3) is 0 Å². The van der Waals surface area contributed by atoms with Crippen LogP contribution in [0.3, 0.4) is 0 Å². The number of rotatable bonds is 5. The lowest BCUT2D eigenvalue weighted by molar-refractivity contribution is 0.631. The Labute approximate surface area is 132 Å². The van der Waals surface area contributed by atoms with Gasteiger partial charge < -0.3 is 10.6 Å². The molecule has 0 aliphatic heterocycles. The van der Waals surface area contributed by atoms with Gasteiger partial charge in [0.1, 0.15) is 23.3 Å². The molecule has 0 aliphatic rings. The first-order valence-corrected chi connectivity index (χ1v) is 7.61. The minimum Gasteiger partial charge on any atom is -0.370 e. The predicted octanol–water partition coefficient (Wildman–Crippen LogP) is 4.56. The van der Waals surface area contributed by atoms with Crippen molar-refractivity contribution >= 4 is 33.3 Å². The zero-order valence-corrected chi connectivity index (χ0v) is 13.9. The van der Waals surface area contributed by atoms with E-state index >= 15 is 0 Å². The summed E-state index contributed by atoms with van der Waals surface area (Å²) in [5.74, 6) is 1.70. The van der Waals surface area contributed by atoms with Crippen LogP contribution in [0.4, 0.5) is 21.7 Å². The number of hydrogen-bond donors (Lipinski definition) is 2. The van der Waals surface area contributed by atoms with E-state index in [1.54, 1.807) is 12.1 Å². The Hall–Kier alpha value is -1.69. The normalized spacial score (nSPS) is 10.5. The zero-order valence-electron chi connectivity index (χ0n) is 12.3. The average molecular weight is 353 g/mol. The highest BCUT2D eigenvalue weighted by Crippen LogP contribution is 2.27. The molecule has 2 N–H and O–H groups in total. The molecule has 2 rings (SSSR count). The molecule has 0 fully saturated rings. The fourth-order valence-corrected chi connectivity index (χ4v) is 2.25. The lowest BCUT2D eigenvalue weighted by Crippen LogP contribution is -2.09. The van der Waals surface area contributed by atoms with Crippen molar-refractivity contribution in [3.05, 3.63) is 39.9 Å². The van der Waals surface area contributed by atoms with Crippen molar-refractivity contribution in [1.82, 2.24) is 9.97 Å². The second-order valence-corrected chi connectivity index (χ2v) is 5.68. The van der Waals surface area contributed by atoms with Gasteiger partial charge in [0, 0.05) is 16.6 Å². The van der Waals surface area contributed by atoms with Gasteiger partial charge in [-0.3, -0.25) is 0 Å². The van der Waals surface area contributed by atoms with Crippen molar-refractivity contribution in [2.75, 3.05) is 17.2 Å². The highest BCUT2D eigenvalue weighted by molar-refractivity contribution is 9.10. The number of nitrogens with zero attached hydrogens (tertiary/aromatic N) is 2. The number of anilines is 3. The van der Waals surface area contributed by atoms with E-state index in [2.05, 4.69) is 43.5 Å². The molecule has 0 aliphatic carbocycles. The predicted molar refractivity (Wildman–Crippen MR) is 87.7 cm³/mol. The van der Waals surface area contributed by atoms with Crippen LogP contribution in [-0.4, -0.2) is 16.5 Å². The average Bonchev–Trinajstić information content (AvgIpc) is 2.44. The van der Waals surface area contributed by atoms with Crippen LogP contribution < -0.4 is 10.6 Å². The van der Waals surface area contributed by atoms with E-state index < -0.39 is 0 Å². The second-order valence-electron chi connectivity index (χ2n) is 4.77. The lowest BCUT2D eigenvalue weighted by Gasteiger charge is -2.14. The number of halogens is 2. The van der Waals surface area contributed by atoms with Crippen molar-refractivity contribution < 1.29 is 4.39 Å². The molecule has 0 spiro atoms. The molecular weight excluding hydrogens is 335 g/mol. The molecule has 6 heteroatoms. The van der Waals surface area contributed by atoms with E-state index in [4.69, 9.17) is 0 Å². The maximum Gasteiger partial charge on any atom is 0.146 e. The highest BCUT2D eigenvalue weighted by atomic mass is 79.9. The minimum absolute atomic E-state index is 0.322. The van der Waals surface area contributed by atoms with Crippen LogP contribution in [-0.2, 0) is 0 Å². The summed E-state index contributed by atoms with van der Waals surface area (Å²) < 4.78 is 14.7. The van der Waals surface area contributed by atoms with Crippen molar-refractivity contribution in [1.29, 1.82) is 0 Å². The van der Waals surface area contributed by atoms with Gasteiger partial charge in [-0.15, -0.1) is 0 Å². The number of benzene rings is 1. The van der Waals surface area contributed by atoms with Gasteiger partial charge in [0.05, 0.1) is 5.69 Å². The largest absolute Gasteiger partial charge is 0.370 e. The van der Waals surface area contributed by atoms with Crippen molar-refractivity contribution in [2.45, 2.75) is 27.2 Å². The molecular formula is C15H18BrFN4. The molecule has 0 bridgehead atoms. The molecule has 1 aromatic heterocycles. The maximum absolute atomic E-state index is 13.8. The van der Waals surface area contributed by atoms with Crippen LogP contribution in [0.15, 0.2) is 22.7 Å². The van der Waals surface area contributed by atoms with Gasteiger partial charge in [-0.2, -0.15) is 0 Å². The Kier molecular flexibility index (Phi) is 5.12. The summed E-state index contributed by atoms with van der Waals surface area (Å²) in [6.07, 6.45) is 1.01. The SMILES string of the molecule is CCCNc1nc(C)nc(Nc2cc(Br)ccc2F)c1C. The van der Waals surface area contributed by atoms with Crippen LogP contribution in [0.5, 0.6) is 0 Å². The molecule has 0 radical (unpaired) electrons. The molecule has 0 saturated heterocycles. The molecule has 2 aromatic rings. The molecule has 1 heterocycles.